The van der Waals surface area contributed by atoms with E-state index in [2.05, 4.69) is 51.6 Å². The molecule has 0 fully saturated rings. The van der Waals surface area contributed by atoms with Crippen molar-refractivity contribution in [3.63, 3.8) is 0 Å². The number of allylic oxidation sites excluding steroid dienone is 1. The summed E-state index contributed by atoms with van der Waals surface area (Å²) in [7, 11) is 0. The molecule has 0 aliphatic rings. The molecule has 118 valence electrons. The Labute approximate surface area is 132 Å². The number of benzene rings is 1. The van der Waals surface area contributed by atoms with Gasteiger partial charge in [-0.2, -0.15) is 0 Å². The maximum absolute atomic E-state index is 3.77. The zero-order chi connectivity index (χ0) is 15.6. The Morgan fingerprint density at radius 3 is 1.86 bits per heavy atom. The lowest BCUT2D eigenvalue weighted by Crippen LogP contribution is -2.10. The highest BCUT2D eigenvalue weighted by Gasteiger charge is 2.12. The standard InChI is InChI=1S/C21H34/c1-5-6-7-8-9-10-11-12-13-14-19-15-17-20(18-16-19)21(2,3)4/h5,15-18H,1,6-14H2,2-4H3. The first-order valence-electron chi connectivity index (χ1n) is 8.74. The minimum atomic E-state index is 0.268. The van der Waals surface area contributed by atoms with E-state index in [-0.39, 0.29) is 5.41 Å². The third-order valence-corrected chi connectivity index (χ3v) is 4.19. The third kappa shape index (κ3) is 8.09. The molecule has 1 aromatic carbocycles. The van der Waals surface area contributed by atoms with Gasteiger partial charge in [0.1, 0.15) is 0 Å². The Hall–Kier alpha value is -1.04. The van der Waals surface area contributed by atoms with Crippen molar-refractivity contribution >= 4 is 0 Å². The molecular formula is C21H34. The first kappa shape index (κ1) is 18.0. The van der Waals surface area contributed by atoms with E-state index in [1.165, 1.54) is 68.9 Å². The lowest BCUT2D eigenvalue weighted by molar-refractivity contribution is 0.580. The van der Waals surface area contributed by atoms with Crippen LogP contribution in [0, 0.1) is 0 Å². The van der Waals surface area contributed by atoms with Crippen molar-refractivity contribution in [1.29, 1.82) is 0 Å². The van der Waals surface area contributed by atoms with E-state index in [4.69, 9.17) is 0 Å². The van der Waals surface area contributed by atoms with Crippen molar-refractivity contribution in [1.82, 2.24) is 0 Å². The van der Waals surface area contributed by atoms with Gasteiger partial charge in [0, 0.05) is 0 Å². The Morgan fingerprint density at radius 2 is 1.33 bits per heavy atom. The summed E-state index contributed by atoms with van der Waals surface area (Å²) in [5, 5.41) is 0. The second-order valence-electron chi connectivity index (χ2n) is 7.25. The van der Waals surface area contributed by atoms with Crippen LogP contribution < -0.4 is 0 Å². The first-order chi connectivity index (χ1) is 10.0. The summed E-state index contributed by atoms with van der Waals surface area (Å²) in [5.74, 6) is 0. The predicted octanol–water partition coefficient (Wildman–Crippen LogP) is 6.83. The normalized spacial score (nSPS) is 11.6. The fourth-order valence-electron chi connectivity index (χ4n) is 2.67. The van der Waals surface area contributed by atoms with Crippen molar-refractivity contribution in [3.8, 4) is 0 Å². The predicted molar refractivity (Wildman–Crippen MR) is 96.0 cm³/mol. The van der Waals surface area contributed by atoms with Crippen molar-refractivity contribution in [2.75, 3.05) is 0 Å². The van der Waals surface area contributed by atoms with Crippen LogP contribution >= 0.6 is 0 Å². The van der Waals surface area contributed by atoms with Gasteiger partial charge in [0.2, 0.25) is 0 Å². The average molecular weight is 287 g/mol. The minimum Gasteiger partial charge on any atom is -0.103 e. The summed E-state index contributed by atoms with van der Waals surface area (Å²) in [6.45, 7) is 10.6. The van der Waals surface area contributed by atoms with Gasteiger partial charge in [0.25, 0.3) is 0 Å². The van der Waals surface area contributed by atoms with Gasteiger partial charge in [0.05, 0.1) is 0 Å². The van der Waals surface area contributed by atoms with Gasteiger partial charge >= 0.3 is 0 Å². The van der Waals surface area contributed by atoms with E-state index in [1.54, 1.807) is 0 Å². The third-order valence-electron chi connectivity index (χ3n) is 4.19. The highest BCUT2D eigenvalue weighted by molar-refractivity contribution is 5.27. The molecule has 0 radical (unpaired) electrons. The van der Waals surface area contributed by atoms with Crippen LogP contribution in [0.3, 0.4) is 0 Å². The summed E-state index contributed by atoms with van der Waals surface area (Å²) in [5.41, 5.74) is 3.20. The average Bonchev–Trinajstić information content (AvgIpc) is 2.45. The van der Waals surface area contributed by atoms with Crippen LogP contribution in [0.15, 0.2) is 36.9 Å². The zero-order valence-corrected chi connectivity index (χ0v) is 14.5. The molecule has 0 saturated heterocycles. The van der Waals surface area contributed by atoms with Crippen molar-refractivity contribution in [2.24, 2.45) is 0 Å². The lowest BCUT2D eigenvalue weighted by atomic mass is 9.86. The van der Waals surface area contributed by atoms with Crippen LogP contribution in [-0.2, 0) is 11.8 Å². The molecule has 0 N–H and O–H groups in total. The second kappa shape index (κ2) is 9.82. The molecule has 1 aromatic rings. The summed E-state index contributed by atoms with van der Waals surface area (Å²) in [6.07, 6.45) is 14.1. The summed E-state index contributed by atoms with van der Waals surface area (Å²) < 4.78 is 0. The summed E-state index contributed by atoms with van der Waals surface area (Å²) in [6, 6.07) is 9.23. The quantitative estimate of drug-likeness (QED) is 0.326. The highest BCUT2D eigenvalue weighted by atomic mass is 14.2. The zero-order valence-electron chi connectivity index (χ0n) is 14.5. The van der Waals surface area contributed by atoms with Gasteiger partial charge in [0.15, 0.2) is 0 Å². The van der Waals surface area contributed by atoms with Crippen LogP contribution in [0.4, 0.5) is 0 Å². The Kier molecular flexibility index (Phi) is 8.42. The Bertz CT molecular complexity index is 377. The fourth-order valence-corrected chi connectivity index (χ4v) is 2.67. The number of unbranched alkanes of at least 4 members (excludes halogenated alkanes) is 7. The number of aryl methyl sites for hydroxylation is 1. The van der Waals surface area contributed by atoms with Crippen molar-refractivity contribution < 1.29 is 0 Å². The largest absolute Gasteiger partial charge is 0.103 e. The highest BCUT2D eigenvalue weighted by Crippen LogP contribution is 2.22. The number of hydrogen-bond acceptors (Lipinski definition) is 0. The molecular weight excluding hydrogens is 252 g/mol. The molecule has 0 spiro atoms. The minimum absolute atomic E-state index is 0.268. The van der Waals surface area contributed by atoms with Crippen LogP contribution in [0.1, 0.15) is 83.3 Å². The van der Waals surface area contributed by atoms with Gasteiger partial charge in [-0.25, -0.2) is 0 Å². The van der Waals surface area contributed by atoms with E-state index in [9.17, 15) is 0 Å². The van der Waals surface area contributed by atoms with Gasteiger partial charge < -0.3 is 0 Å². The molecule has 0 saturated carbocycles. The van der Waals surface area contributed by atoms with Gasteiger partial charge in [-0.1, -0.05) is 83.2 Å². The van der Waals surface area contributed by atoms with E-state index in [0.717, 1.165) is 0 Å². The fraction of sp³-hybridized carbons (Fsp3) is 0.619. The number of hydrogen-bond donors (Lipinski definition) is 0. The monoisotopic (exact) mass is 286 g/mol. The molecule has 0 heteroatoms. The molecule has 0 heterocycles. The molecule has 0 nitrogen and oxygen atoms in total. The molecule has 0 bridgehead atoms. The number of rotatable bonds is 10. The van der Waals surface area contributed by atoms with Crippen LogP contribution in [-0.4, -0.2) is 0 Å². The second-order valence-corrected chi connectivity index (χ2v) is 7.25. The topological polar surface area (TPSA) is 0 Å². The maximum atomic E-state index is 3.77. The molecule has 0 aromatic heterocycles. The van der Waals surface area contributed by atoms with E-state index >= 15 is 0 Å². The van der Waals surface area contributed by atoms with Crippen LogP contribution in [0.2, 0.25) is 0 Å². The summed E-state index contributed by atoms with van der Waals surface area (Å²) in [4.78, 5) is 0. The van der Waals surface area contributed by atoms with Crippen molar-refractivity contribution in [3.05, 3.63) is 48.0 Å². The molecule has 0 aliphatic carbocycles. The SMILES string of the molecule is C=CCCCCCCCCCc1ccc(C(C)(C)C)cc1. The van der Waals surface area contributed by atoms with E-state index in [1.807, 2.05) is 6.08 Å². The van der Waals surface area contributed by atoms with Gasteiger partial charge in [-0.15, -0.1) is 6.58 Å². The molecule has 0 atom stereocenters. The Balaban J connectivity index is 2.09. The lowest BCUT2D eigenvalue weighted by Gasteiger charge is -2.19. The molecule has 0 amide bonds. The Morgan fingerprint density at radius 1 is 0.810 bits per heavy atom. The van der Waals surface area contributed by atoms with Crippen LogP contribution in [0.5, 0.6) is 0 Å². The smallest absolute Gasteiger partial charge is 0.0132 e. The van der Waals surface area contributed by atoms with E-state index in [0.29, 0.717) is 0 Å². The maximum Gasteiger partial charge on any atom is -0.0132 e. The van der Waals surface area contributed by atoms with Crippen molar-refractivity contribution in [2.45, 2.75) is 84.0 Å². The first-order valence-corrected chi connectivity index (χ1v) is 8.74. The molecule has 0 unspecified atom stereocenters. The van der Waals surface area contributed by atoms with Gasteiger partial charge in [-0.05, 0) is 42.2 Å². The molecule has 1 rings (SSSR count). The molecule has 21 heavy (non-hydrogen) atoms. The molecule has 0 aliphatic heterocycles. The summed E-state index contributed by atoms with van der Waals surface area (Å²) >= 11 is 0. The van der Waals surface area contributed by atoms with Crippen LogP contribution in [0.25, 0.3) is 0 Å². The van der Waals surface area contributed by atoms with Gasteiger partial charge in [-0.3, -0.25) is 0 Å². The van der Waals surface area contributed by atoms with E-state index < -0.39 is 0 Å².